The molecule has 0 amide bonds. The molecule has 0 aromatic carbocycles. The molecule has 0 aliphatic heterocycles. The second-order valence-corrected chi connectivity index (χ2v) is 2.13. The molecule has 3 nitrogen and oxygen atoms in total. The third-order valence-electron chi connectivity index (χ3n) is 0.452. The Morgan fingerprint density at radius 2 is 2.25 bits per heavy atom. The van der Waals surface area contributed by atoms with Gasteiger partial charge < -0.3 is 0 Å². The van der Waals surface area contributed by atoms with E-state index in [1.165, 1.54) is 0 Å². The largest absolute Gasteiger partial charge is 1.00 e. The van der Waals surface area contributed by atoms with Crippen LogP contribution in [0, 0.1) is 4.77 Å². The first-order chi connectivity index (χ1) is 3.29. The quantitative estimate of drug-likeness (QED) is 0.323. The van der Waals surface area contributed by atoms with Crippen LogP contribution in [0.4, 0.5) is 0 Å². The smallest absolute Gasteiger partial charge is 0.289 e. The van der Waals surface area contributed by atoms with E-state index >= 15 is 0 Å². The van der Waals surface area contributed by atoms with Crippen molar-refractivity contribution in [1.29, 1.82) is 0 Å². The van der Waals surface area contributed by atoms with Crippen molar-refractivity contribution in [1.82, 2.24) is 9.36 Å². The van der Waals surface area contributed by atoms with Crippen LogP contribution in [0.1, 0.15) is 0 Å². The summed E-state index contributed by atoms with van der Waals surface area (Å²) in [5.74, 6) is 0. The maximum absolute atomic E-state index is 10.2. The minimum atomic E-state index is -0.134. The van der Waals surface area contributed by atoms with Crippen molar-refractivity contribution in [3.05, 3.63) is 14.4 Å². The van der Waals surface area contributed by atoms with Crippen molar-refractivity contribution in [2.24, 2.45) is 0 Å². The van der Waals surface area contributed by atoms with Crippen LogP contribution in [0.25, 0.3) is 0 Å². The van der Waals surface area contributed by atoms with Gasteiger partial charge in [-0.2, -0.15) is 0 Å². The molecule has 8 heavy (non-hydrogen) atoms. The minimum absolute atomic E-state index is 0. The normalized spacial score (nSPS) is 8.00. The molecule has 0 aliphatic rings. The van der Waals surface area contributed by atoms with Crippen molar-refractivity contribution in [2.75, 3.05) is 0 Å². The summed E-state index contributed by atoms with van der Waals surface area (Å²) in [6.07, 6.45) is 0. The first-order valence-electron chi connectivity index (χ1n) is 1.57. The molecule has 1 aromatic heterocycles. The fraction of sp³-hybridized carbons (Fsp3) is 0. The van der Waals surface area contributed by atoms with Gasteiger partial charge in [0.2, 0.25) is 0 Å². The maximum atomic E-state index is 10.2. The molecular formula is C2H2N2NaOS2+. The van der Waals surface area contributed by atoms with Gasteiger partial charge in [-0.1, -0.05) is 0 Å². The third kappa shape index (κ3) is 2.23. The number of nitrogens with one attached hydrogen (secondary N) is 2. The van der Waals surface area contributed by atoms with Crippen LogP contribution in [0.3, 0.4) is 0 Å². The molecule has 0 bridgehead atoms. The van der Waals surface area contributed by atoms with Gasteiger partial charge in [0.25, 0.3) is 0 Å². The first-order valence-corrected chi connectivity index (χ1v) is 2.79. The van der Waals surface area contributed by atoms with Gasteiger partial charge in [0.1, 0.15) is 0 Å². The van der Waals surface area contributed by atoms with Gasteiger partial charge in [0, 0.05) is 11.5 Å². The Morgan fingerprint density at radius 1 is 1.62 bits per heavy atom. The zero-order valence-electron chi connectivity index (χ0n) is 4.22. The number of hydrogen-bond acceptors (Lipinski definition) is 3. The van der Waals surface area contributed by atoms with E-state index in [-0.39, 0.29) is 34.4 Å². The molecule has 0 unspecified atom stereocenters. The predicted octanol–water partition coefficient (Wildman–Crippen LogP) is -2.50. The summed E-state index contributed by atoms with van der Waals surface area (Å²) in [4.78, 5) is 12.4. The summed E-state index contributed by atoms with van der Waals surface area (Å²) in [5.41, 5.74) is 0. The summed E-state index contributed by atoms with van der Waals surface area (Å²) in [5, 5.41) is 0. The van der Waals surface area contributed by atoms with E-state index in [4.69, 9.17) is 0 Å². The Labute approximate surface area is 76.6 Å². The molecule has 0 saturated heterocycles. The number of hydrogen-bond donors (Lipinski definition) is 2. The molecular weight excluding hydrogens is 155 g/mol. The fourth-order valence-electron chi connectivity index (χ4n) is 0.236. The number of rotatable bonds is 0. The number of aromatic nitrogens is 2. The van der Waals surface area contributed by atoms with Crippen LogP contribution < -0.4 is 34.4 Å². The standard InChI is InChI=1S/C2H2N2OS2.Na/c5-2-3-1(6)4-7-2;/h(H2,3,4,5,6);/q;+1. The third-order valence-corrected chi connectivity index (χ3v) is 1.38. The number of H-pyrrole nitrogens is 2. The summed E-state index contributed by atoms with van der Waals surface area (Å²) in [7, 11) is 0. The van der Waals surface area contributed by atoms with E-state index in [2.05, 4.69) is 21.6 Å². The molecule has 1 heterocycles. The van der Waals surface area contributed by atoms with Crippen LogP contribution in [0.15, 0.2) is 4.79 Å². The molecule has 0 spiro atoms. The van der Waals surface area contributed by atoms with E-state index in [1.54, 1.807) is 0 Å². The molecule has 38 valence electrons. The van der Waals surface area contributed by atoms with Crippen molar-refractivity contribution in [2.45, 2.75) is 0 Å². The van der Waals surface area contributed by atoms with Crippen molar-refractivity contribution < 1.29 is 29.6 Å². The Morgan fingerprint density at radius 3 is 2.38 bits per heavy atom. The Bertz CT molecular complexity index is 222. The van der Waals surface area contributed by atoms with Gasteiger partial charge in [-0.3, -0.25) is 14.2 Å². The van der Waals surface area contributed by atoms with Gasteiger partial charge in [-0.15, -0.1) is 0 Å². The SMILES string of the molecule is O=c1[nH]c(=S)[nH]s1.[Na+]. The van der Waals surface area contributed by atoms with Gasteiger partial charge >= 0.3 is 34.4 Å². The van der Waals surface area contributed by atoms with E-state index in [0.717, 1.165) is 11.5 Å². The average molecular weight is 157 g/mol. The van der Waals surface area contributed by atoms with Gasteiger partial charge in [0.05, 0.1) is 0 Å². The predicted molar refractivity (Wildman–Crippen MR) is 30.1 cm³/mol. The topological polar surface area (TPSA) is 48.6 Å². The maximum Gasteiger partial charge on any atom is 1.00 e. The van der Waals surface area contributed by atoms with Crippen LogP contribution >= 0.6 is 23.8 Å². The molecule has 0 saturated carbocycles. The molecule has 1 rings (SSSR count). The van der Waals surface area contributed by atoms with Crippen molar-refractivity contribution in [3.63, 3.8) is 0 Å². The van der Waals surface area contributed by atoms with Crippen LogP contribution in [0.2, 0.25) is 0 Å². The van der Waals surface area contributed by atoms with Gasteiger partial charge in [-0.25, -0.2) is 0 Å². The minimum Gasteiger partial charge on any atom is -0.289 e. The Hall–Kier alpha value is 0.580. The summed E-state index contributed by atoms with van der Waals surface area (Å²) < 4.78 is 2.95. The van der Waals surface area contributed by atoms with Crippen molar-refractivity contribution >= 4 is 23.8 Å². The second kappa shape index (κ2) is 3.58. The van der Waals surface area contributed by atoms with E-state index < -0.39 is 0 Å². The first kappa shape index (κ1) is 8.58. The summed E-state index contributed by atoms with van der Waals surface area (Å²) >= 11 is 5.50. The fourth-order valence-corrected chi connectivity index (χ4v) is 0.908. The van der Waals surface area contributed by atoms with E-state index in [9.17, 15) is 4.79 Å². The monoisotopic (exact) mass is 157 g/mol. The van der Waals surface area contributed by atoms with Crippen LogP contribution in [-0.2, 0) is 0 Å². The second-order valence-electron chi connectivity index (χ2n) is 0.946. The molecule has 2 N–H and O–H groups in total. The van der Waals surface area contributed by atoms with Gasteiger partial charge in [-0.05, 0) is 12.2 Å². The molecule has 6 heteroatoms. The Kier molecular flexibility index (Phi) is 3.84. The Balaban J connectivity index is 0.000000490. The molecule has 0 aliphatic carbocycles. The molecule has 1 aromatic rings. The van der Waals surface area contributed by atoms with Crippen molar-refractivity contribution in [3.8, 4) is 0 Å². The summed E-state index contributed by atoms with van der Waals surface area (Å²) in [6.45, 7) is 0. The molecule has 0 atom stereocenters. The van der Waals surface area contributed by atoms with E-state index in [0.29, 0.717) is 4.77 Å². The van der Waals surface area contributed by atoms with Crippen LogP contribution in [-0.4, -0.2) is 9.36 Å². The van der Waals surface area contributed by atoms with Gasteiger partial charge in [0.15, 0.2) is 4.77 Å². The van der Waals surface area contributed by atoms with E-state index in [1.807, 2.05) is 0 Å². The zero-order chi connectivity index (χ0) is 5.28. The zero-order valence-corrected chi connectivity index (χ0v) is 7.86. The molecule has 0 radical (unpaired) electrons. The molecule has 0 fully saturated rings. The average Bonchev–Trinajstić information content (AvgIpc) is 1.87. The summed E-state index contributed by atoms with van der Waals surface area (Å²) in [6, 6.07) is 0. The van der Waals surface area contributed by atoms with Crippen LogP contribution in [0.5, 0.6) is 0 Å². The number of aromatic amines is 2.